The minimum atomic E-state index is 0.579. The fourth-order valence-corrected chi connectivity index (χ4v) is 5.44. The highest BCUT2D eigenvalue weighted by molar-refractivity contribution is 8.14. The monoisotopic (exact) mass is 424 g/mol. The van der Waals surface area contributed by atoms with Crippen molar-refractivity contribution in [3.8, 4) is 0 Å². The Morgan fingerprint density at radius 2 is 2.07 bits per heavy atom. The molecule has 1 aliphatic rings. The Kier molecular flexibility index (Phi) is 6.72. The number of fused-ring (bicyclic) bond motifs is 1. The van der Waals surface area contributed by atoms with Crippen LogP contribution in [0.4, 0.5) is 10.8 Å². The summed E-state index contributed by atoms with van der Waals surface area (Å²) in [5.74, 6) is 1.13. The third-order valence-corrected chi connectivity index (χ3v) is 7.16. The smallest absolute Gasteiger partial charge is 0.183 e. The highest BCUT2D eigenvalue weighted by Gasteiger charge is 2.19. The van der Waals surface area contributed by atoms with E-state index in [0.717, 1.165) is 40.2 Å². The van der Waals surface area contributed by atoms with E-state index >= 15 is 0 Å². The molecular weight excluding hydrogens is 396 g/mol. The van der Waals surface area contributed by atoms with Gasteiger partial charge in [-0.15, -0.1) is 0 Å². The summed E-state index contributed by atoms with van der Waals surface area (Å²) in [4.78, 5) is 9.48. The lowest BCUT2D eigenvalue weighted by Gasteiger charge is -2.08. The van der Waals surface area contributed by atoms with E-state index in [1.54, 1.807) is 11.3 Å². The molecule has 1 aliphatic heterocycles. The van der Waals surface area contributed by atoms with E-state index in [2.05, 4.69) is 66.9 Å². The van der Waals surface area contributed by atoms with Gasteiger partial charge in [-0.3, -0.25) is 0 Å². The van der Waals surface area contributed by atoms with Gasteiger partial charge in [0.25, 0.3) is 0 Å². The highest BCUT2D eigenvalue weighted by atomic mass is 32.2. The summed E-state index contributed by atoms with van der Waals surface area (Å²) >= 11 is 3.56. The van der Waals surface area contributed by atoms with Crippen LogP contribution >= 0.6 is 23.1 Å². The first kappa shape index (κ1) is 20.2. The van der Waals surface area contributed by atoms with Crippen LogP contribution in [0.15, 0.2) is 47.5 Å². The lowest BCUT2D eigenvalue weighted by molar-refractivity contribution is 0.588. The van der Waals surface area contributed by atoms with Crippen LogP contribution in [0.1, 0.15) is 37.3 Å². The van der Waals surface area contributed by atoms with Gasteiger partial charge in [-0.2, -0.15) is 0 Å². The van der Waals surface area contributed by atoms with Crippen LogP contribution in [-0.2, 0) is 6.42 Å². The van der Waals surface area contributed by atoms with E-state index in [-0.39, 0.29) is 0 Å². The molecule has 0 aliphatic carbocycles. The Morgan fingerprint density at radius 3 is 2.86 bits per heavy atom. The van der Waals surface area contributed by atoms with E-state index in [1.165, 1.54) is 35.1 Å². The van der Waals surface area contributed by atoms with Crippen LogP contribution in [0.25, 0.3) is 10.2 Å². The van der Waals surface area contributed by atoms with Gasteiger partial charge in [0, 0.05) is 18.3 Å². The van der Waals surface area contributed by atoms with E-state index in [1.807, 2.05) is 11.8 Å². The third-order valence-electron chi connectivity index (χ3n) is 5.13. The minimum Gasteiger partial charge on any atom is -0.361 e. The van der Waals surface area contributed by atoms with Crippen molar-refractivity contribution in [2.45, 2.75) is 45.6 Å². The number of aryl methyl sites for hydroxylation is 1. The summed E-state index contributed by atoms with van der Waals surface area (Å²) in [5, 5.41) is 9.09. The highest BCUT2D eigenvalue weighted by Crippen LogP contribution is 2.28. The van der Waals surface area contributed by atoms with E-state index in [4.69, 9.17) is 9.98 Å². The average Bonchev–Trinajstić information content (AvgIpc) is 3.35. The third kappa shape index (κ3) is 5.31. The second-order valence-electron chi connectivity index (χ2n) is 7.50. The average molecular weight is 425 g/mol. The van der Waals surface area contributed by atoms with Crippen LogP contribution in [0.2, 0.25) is 0 Å². The number of nitrogens with zero attached hydrogens (tertiary/aromatic N) is 2. The maximum atomic E-state index is 4.76. The normalized spacial score (nSPS) is 17.7. The molecule has 0 radical (unpaired) electrons. The van der Waals surface area contributed by atoms with Crippen molar-refractivity contribution in [3.63, 3.8) is 0 Å². The molecule has 1 aromatic heterocycles. The summed E-state index contributed by atoms with van der Waals surface area (Å²) < 4.78 is 1.24. The van der Waals surface area contributed by atoms with Gasteiger partial charge < -0.3 is 10.6 Å². The zero-order chi connectivity index (χ0) is 20.1. The van der Waals surface area contributed by atoms with Crippen LogP contribution < -0.4 is 10.6 Å². The SMILES string of the molecule is CCCCC1CS/C(=N\c2ccc(CCNc3nc4c(C)cccc4s3)cc2)N1. The summed E-state index contributed by atoms with van der Waals surface area (Å²) in [6, 6.07) is 15.5. The standard InChI is InChI=1S/C23H28N4S2/c1-3-4-7-19-15-28-23(26-19)25-18-11-9-17(10-12-18)13-14-24-22-27-21-16(2)6-5-8-20(21)29-22/h5-6,8-12,19H,3-4,7,13-15H2,1-2H3,(H,24,27)(H,25,26). The van der Waals surface area contributed by atoms with Gasteiger partial charge in [0.15, 0.2) is 10.3 Å². The topological polar surface area (TPSA) is 49.3 Å². The number of rotatable bonds is 8. The van der Waals surface area contributed by atoms with Gasteiger partial charge in [0.2, 0.25) is 0 Å². The number of amidine groups is 1. The van der Waals surface area contributed by atoms with Gasteiger partial charge in [-0.1, -0.05) is 67.1 Å². The van der Waals surface area contributed by atoms with Crippen LogP contribution in [0.5, 0.6) is 0 Å². The number of aromatic nitrogens is 1. The molecule has 2 aromatic carbocycles. The van der Waals surface area contributed by atoms with E-state index in [9.17, 15) is 0 Å². The molecule has 0 bridgehead atoms. The molecular formula is C23H28N4S2. The predicted octanol–water partition coefficient (Wildman–Crippen LogP) is 6.14. The number of unbranched alkanes of at least 4 members (excludes halogenated alkanes) is 1. The Hall–Kier alpha value is -2.05. The van der Waals surface area contributed by atoms with Gasteiger partial charge >= 0.3 is 0 Å². The second-order valence-corrected chi connectivity index (χ2v) is 9.53. The fraction of sp³-hybridized carbons (Fsp3) is 0.391. The molecule has 1 saturated heterocycles. The van der Waals surface area contributed by atoms with Crippen LogP contribution in [0, 0.1) is 6.92 Å². The second kappa shape index (κ2) is 9.63. The van der Waals surface area contributed by atoms with Crippen molar-refractivity contribution in [3.05, 3.63) is 53.6 Å². The number of thioether (sulfide) groups is 1. The lowest BCUT2D eigenvalue weighted by atomic mass is 10.1. The van der Waals surface area contributed by atoms with Gasteiger partial charge in [-0.05, 0) is 49.1 Å². The number of thiazole rings is 1. The molecule has 1 atom stereocenters. The number of aliphatic imine (C=N–C) groups is 1. The van der Waals surface area contributed by atoms with Crippen molar-refractivity contribution < 1.29 is 0 Å². The maximum absolute atomic E-state index is 4.76. The molecule has 2 N–H and O–H groups in total. The Bertz CT molecular complexity index is 978. The lowest BCUT2D eigenvalue weighted by Crippen LogP contribution is -2.26. The number of hydrogen-bond acceptors (Lipinski definition) is 5. The first-order valence-corrected chi connectivity index (χ1v) is 12.2. The zero-order valence-corrected chi connectivity index (χ0v) is 18.7. The molecule has 29 heavy (non-hydrogen) atoms. The number of hydrogen-bond donors (Lipinski definition) is 2. The predicted molar refractivity (Wildman–Crippen MR) is 129 cm³/mol. The number of nitrogens with one attached hydrogen (secondary N) is 2. The summed E-state index contributed by atoms with van der Waals surface area (Å²) in [5.41, 5.74) is 4.68. The van der Waals surface area contributed by atoms with Gasteiger partial charge in [0.05, 0.1) is 15.9 Å². The first-order chi connectivity index (χ1) is 14.2. The molecule has 4 nitrogen and oxygen atoms in total. The molecule has 152 valence electrons. The molecule has 1 unspecified atom stereocenters. The number of anilines is 1. The molecule has 1 fully saturated rings. The molecule has 4 rings (SSSR count). The quantitative estimate of drug-likeness (QED) is 0.456. The Balaban J connectivity index is 1.28. The van der Waals surface area contributed by atoms with E-state index < -0.39 is 0 Å². The Labute approximate surface area is 181 Å². The first-order valence-electron chi connectivity index (χ1n) is 10.4. The zero-order valence-electron chi connectivity index (χ0n) is 17.1. The fourth-order valence-electron chi connectivity index (χ4n) is 3.44. The molecule has 0 saturated carbocycles. The van der Waals surface area contributed by atoms with Crippen molar-refractivity contribution >= 4 is 49.3 Å². The minimum absolute atomic E-state index is 0.579. The summed E-state index contributed by atoms with van der Waals surface area (Å²) in [6.45, 7) is 5.24. The number of para-hydroxylation sites is 1. The van der Waals surface area contributed by atoms with Crippen molar-refractivity contribution in [1.29, 1.82) is 0 Å². The molecule has 0 spiro atoms. The van der Waals surface area contributed by atoms with Gasteiger partial charge in [-0.25, -0.2) is 9.98 Å². The molecule has 3 aromatic rings. The summed E-state index contributed by atoms with van der Waals surface area (Å²) in [6.07, 6.45) is 4.75. The van der Waals surface area contributed by atoms with Gasteiger partial charge in [0.1, 0.15) is 0 Å². The van der Waals surface area contributed by atoms with Crippen molar-refractivity contribution in [1.82, 2.24) is 10.3 Å². The molecule has 2 heterocycles. The molecule has 6 heteroatoms. The Morgan fingerprint density at radius 1 is 1.21 bits per heavy atom. The van der Waals surface area contributed by atoms with E-state index in [0.29, 0.717) is 6.04 Å². The van der Waals surface area contributed by atoms with Crippen molar-refractivity contribution in [2.24, 2.45) is 4.99 Å². The maximum Gasteiger partial charge on any atom is 0.183 e. The molecule has 0 amide bonds. The van der Waals surface area contributed by atoms with Crippen LogP contribution in [0.3, 0.4) is 0 Å². The van der Waals surface area contributed by atoms with Crippen molar-refractivity contribution in [2.75, 3.05) is 17.6 Å². The summed E-state index contributed by atoms with van der Waals surface area (Å²) in [7, 11) is 0. The van der Waals surface area contributed by atoms with Crippen LogP contribution in [-0.4, -0.2) is 28.5 Å². The number of benzene rings is 2. The largest absolute Gasteiger partial charge is 0.361 e.